The number of esters is 1. The number of para-hydroxylation sites is 1. The molecule has 1 aromatic carbocycles. The number of nitrogens with two attached hydrogens (primary N) is 2. The number of aromatic nitrogens is 1. The van der Waals surface area contributed by atoms with Crippen molar-refractivity contribution in [3.63, 3.8) is 0 Å². The van der Waals surface area contributed by atoms with Crippen molar-refractivity contribution in [3.8, 4) is 0 Å². The zero-order chi connectivity index (χ0) is 16.3. The van der Waals surface area contributed by atoms with Gasteiger partial charge in [-0.2, -0.15) is 0 Å². The van der Waals surface area contributed by atoms with Gasteiger partial charge >= 0.3 is 11.9 Å². The predicted molar refractivity (Wildman–Crippen MR) is 95.7 cm³/mol. The zero-order valence-corrected chi connectivity index (χ0v) is 14.7. The van der Waals surface area contributed by atoms with Crippen molar-refractivity contribution in [3.05, 3.63) is 36.0 Å². The summed E-state index contributed by atoms with van der Waals surface area (Å²) >= 11 is 0. The third-order valence-electron chi connectivity index (χ3n) is 3.44. The van der Waals surface area contributed by atoms with E-state index in [2.05, 4.69) is 0 Å². The number of hydrogen-bond acceptors (Lipinski definition) is 5. The van der Waals surface area contributed by atoms with Gasteiger partial charge < -0.3 is 25.9 Å². The lowest BCUT2D eigenvalue weighted by atomic mass is 10.1. The Hall–Kier alpha value is -1.80. The minimum absolute atomic E-state index is 0. The van der Waals surface area contributed by atoms with E-state index >= 15 is 0 Å². The number of carboxylic acids is 1. The summed E-state index contributed by atoms with van der Waals surface area (Å²) in [6, 6.07) is 5.69. The van der Waals surface area contributed by atoms with Crippen LogP contribution in [0.5, 0.6) is 0 Å². The highest BCUT2D eigenvalue weighted by Gasteiger charge is 2.20. The van der Waals surface area contributed by atoms with Crippen LogP contribution < -0.4 is 11.5 Å². The van der Waals surface area contributed by atoms with Gasteiger partial charge in [-0.05, 0) is 11.6 Å². The van der Waals surface area contributed by atoms with Crippen LogP contribution in [0.2, 0.25) is 0 Å². The molecule has 0 saturated heterocycles. The summed E-state index contributed by atoms with van der Waals surface area (Å²) in [6.07, 6.45) is 2.23. The van der Waals surface area contributed by atoms with Gasteiger partial charge in [0.15, 0.2) is 0 Å². The molecular formula is C15H21Cl2N3O4. The topological polar surface area (TPSA) is 121 Å². The van der Waals surface area contributed by atoms with E-state index in [0.717, 1.165) is 16.5 Å². The Labute approximate surface area is 151 Å². The van der Waals surface area contributed by atoms with Gasteiger partial charge in [-0.1, -0.05) is 18.2 Å². The molecule has 0 spiro atoms. The zero-order valence-electron chi connectivity index (χ0n) is 13.0. The van der Waals surface area contributed by atoms with Crippen LogP contribution in [0.3, 0.4) is 0 Å². The third-order valence-corrected chi connectivity index (χ3v) is 3.44. The predicted octanol–water partition coefficient (Wildman–Crippen LogP) is 0.847. The summed E-state index contributed by atoms with van der Waals surface area (Å²) in [5, 5.41) is 9.66. The maximum atomic E-state index is 11.8. The van der Waals surface area contributed by atoms with Crippen molar-refractivity contribution in [1.29, 1.82) is 0 Å². The first kappa shape index (κ1) is 22.2. The van der Waals surface area contributed by atoms with E-state index in [0.29, 0.717) is 6.42 Å². The molecule has 0 radical (unpaired) electrons. The smallest absolute Gasteiger partial charge is 0.324 e. The molecule has 0 aliphatic heterocycles. The minimum Gasteiger partial charge on any atom is -0.480 e. The van der Waals surface area contributed by atoms with Crippen molar-refractivity contribution in [2.45, 2.75) is 18.5 Å². The number of nitrogens with zero attached hydrogens (tertiary/aromatic N) is 1. The summed E-state index contributed by atoms with van der Waals surface area (Å²) < 4.78 is 6.80. The molecule has 0 aliphatic carbocycles. The van der Waals surface area contributed by atoms with Crippen LogP contribution in [0.25, 0.3) is 10.9 Å². The standard InChI is InChI=1S/C15H19N3O4.2ClH/c1-18-7-9(10-4-2-3-5-13(10)18)6-11(16)15(21)22-8-12(17)14(19)20;;/h2-5,7,11-12H,6,8,16-17H2,1H3,(H,19,20);2*1H. The second-order valence-corrected chi connectivity index (χ2v) is 5.17. The van der Waals surface area contributed by atoms with Gasteiger partial charge in [-0.15, -0.1) is 24.8 Å². The first-order chi connectivity index (χ1) is 10.4. The molecule has 2 aromatic rings. The minimum atomic E-state index is -1.24. The summed E-state index contributed by atoms with van der Waals surface area (Å²) in [5.41, 5.74) is 13.1. The number of aryl methyl sites for hydroxylation is 1. The molecule has 2 atom stereocenters. The Morgan fingerprint density at radius 2 is 1.83 bits per heavy atom. The Balaban J connectivity index is 0.00000264. The van der Waals surface area contributed by atoms with Crippen molar-refractivity contribution >= 4 is 47.7 Å². The Morgan fingerprint density at radius 3 is 2.46 bits per heavy atom. The van der Waals surface area contributed by atoms with Crippen LogP contribution >= 0.6 is 24.8 Å². The number of carboxylic acid groups (broad SMARTS) is 1. The molecule has 0 amide bonds. The van der Waals surface area contributed by atoms with Gasteiger partial charge in [-0.25, -0.2) is 0 Å². The van der Waals surface area contributed by atoms with E-state index < -0.39 is 30.6 Å². The van der Waals surface area contributed by atoms with Crippen molar-refractivity contribution in [2.24, 2.45) is 18.5 Å². The number of aliphatic carboxylic acids is 1. The van der Waals surface area contributed by atoms with E-state index in [1.54, 1.807) is 0 Å². The fourth-order valence-electron chi connectivity index (χ4n) is 2.26. The number of rotatable bonds is 6. The van der Waals surface area contributed by atoms with Crippen molar-refractivity contribution < 1.29 is 19.4 Å². The van der Waals surface area contributed by atoms with Crippen LogP contribution in [0.1, 0.15) is 5.56 Å². The van der Waals surface area contributed by atoms with E-state index in [1.807, 2.05) is 42.1 Å². The third kappa shape index (κ3) is 5.10. The molecule has 1 aromatic heterocycles. The number of ether oxygens (including phenoxy) is 1. The maximum absolute atomic E-state index is 11.8. The average Bonchev–Trinajstić information content (AvgIpc) is 2.81. The summed E-state index contributed by atoms with van der Waals surface area (Å²) in [5.74, 6) is -1.89. The summed E-state index contributed by atoms with van der Waals surface area (Å²) in [4.78, 5) is 22.4. The molecule has 7 nitrogen and oxygen atoms in total. The molecular weight excluding hydrogens is 357 g/mol. The van der Waals surface area contributed by atoms with E-state index in [4.69, 9.17) is 21.3 Å². The second-order valence-electron chi connectivity index (χ2n) is 5.17. The van der Waals surface area contributed by atoms with Gasteiger partial charge in [0.05, 0.1) is 0 Å². The van der Waals surface area contributed by atoms with Gasteiger partial charge in [0.2, 0.25) is 0 Å². The number of hydrogen-bond donors (Lipinski definition) is 3. The Morgan fingerprint density at radius 1 is 1.21 bits per heavy atom. The molecule has 24 heavy (non-hydrogen) atoms. The van der Waals surface area contributed by atoms with Gasteiger partial charge in [0.25, 0.3) is 0 Å². The van der Waals surface area contributed by atoms with E-state index in [9.17, 15) is 9.59 Å². The molecule has 0 bridgehead atoms. The molecule has 1 heterocycles. The fourth-order valence-corrected chi connectivity index (χ4v) is 2.26. The van der Waals surface area contributed by atoms with E-state index in [-0.39, 0.29) is 24.8 Å². The largest absolute Gasteiger partial charge is 0.480 e. The van der Waals surface area contributed by atoms with Crippen LogP contribution in [-0.2, 0) is 27.8 Å². The average molecular weight is 378 g/mol. The van der Waals surface area contributed by atoms with Gasteiger partial charge in [0, 0.05) is 30.6 Å². The van der Waals surface area contributed by atoms with Crippen LogP contribution in [-0.4, -0.2) is 40.3 Å². The van der Waals surface area contributed by atoms with Crippen molar-refractivity contribution in [1.82, 2.24) is 4.57 Å². The van der Waals surface area contributed by atoms with Gasteiger partial charge in [0.1, 0.15) is 18.7 Å². The molecule has 2 rings (SSSR count). The highest BCUT2D eigenvalue weighted by atomic mass is 35.5. The monoisotopic (exact) mass is 377 g/mol. The second kappa shape index (κ2) is 9.48. The summed E-state index contributed by atoms with van der Waals surface area (Å²) in [6.45, 7) is -0.391. The van der Waals surface area contributed by atoms with Crippen LogP contribution in [0, 0.1) is 0 Å². The fraction of sp³-hybridized carbons (Fsp3) is 0.333. The highest BCUT2D eigenvalue weighted by Crippen LogP contribution is 2.21. The molecule has 9 heteroatoms. The first-order valence-electron chi connectivity index (χ1n) is 6.83. The lowest BCUT2D eigenvalue weighted by Gasteiger charge is -2.12. The van der Waals surface area contributed by atoms with Crippen LogP contribution in [0.4, 0.5) is 0 Å². The van der Waals surface area contributed by atoms with Gasteiger partial charge in [-0.3, -0.25) is 9.59 Å². The molecule has 0 fully saturated rings. The molecule has 0 saturated carbocycles. The normalized spacial score (nSPS) is 12.6. The van der Waals surface area contributed by atoms with E-state index in [1.165, 1.54) is 0 Å². The van der Waals surface area contributed by atoms with Crippen molar-refractivity contribution in [2.75, 3.05) is 6.61 Å². The van der Waals surface area contributed by atoms with Crippen LogP contribution in [0.15, 0.2) is 30.5 Å². The SMILES string of the molecule is Cl.Cl.Cn1cc(CC(N)C(=O)OCC(N)C(=O)O)c2ccccc21. The lowest BCUT2D eigenvalue weighted by Crippen LogP contribution is -2.40. The molecule has 2 unspecified atom stereocenters. The quantitative estimate of drug-likeness (QED) is 0.641. The first-order valence-corrected chi connectivity index (χ1v) is 6.83. The number of benzene rings is 1. The highest BCUT2D eigenvalue weighted by molar-refractivity contribution is 5.86. The number of fused-ring (bicyclic) bond motifs is 1. The lowest BCUT2D eigenvalue weighted by molar-refractivity contribution is -0.149. The summed E-state index contributed by atoms with van der Waals surface area (Å²) in [7, 11) is 1.92. The number of halogens is 2. The number of carbonyl (C=O) groups is 2. The molecule has 5 N–H and O–H groups in total. The Bertz CT molecular complexity index is 705. The maximum Gasteiger partial charge on any atom is 0.324 e. The number of carbonyl (C=O) groups excluding carboxylic acids is 1. The molecule has 134 valence electrons. The molecule has 0 aliphatic rings. The Kier molecular flexibility index (Phi) is 8.77.